The largest absolute Gasteiger partial charge is 0.497 e. The Labute approximate surface area is 232 Å². The minimum Gasteiger partial charge on any atom is -0.497 e. The molecule has 4 heterocycles. The minimum absolute atomic E-state index is 0.177. The highest BCUT2D eigenvalue weighted by Gasteiger charge is 2.52. The zero-order valence-corrected chi connectivity index (χ0v) is 23.3. The molecular weight excluding hydrogens is 515 g/mol. The molecular formula is C29H35FN6O4. The summed E-state index contributed by atoms with van der Waals surface area (Å²) in [7, 11) is 1.47. The van der Waals surface area contributed by atoms with Crippen molar-refractivity contribution < 1.29 is 23.8 Å². The summed E-state index contributed by atoms with van der Waals surface area (Å²) in [6.45, 7) is 6.31. The summed E-state index contributed by atoms with van der Waals surface area (Å²) in [5.41, 5.74) is 1.24. The molecule has 3 amide bonds. The van der Waals surface area contributed by atoms with Gasteiger partial charge < -0.3 is 19.6 Å². The monoisotopic (exact) mass is 550 g/mol. The lowest BCUT2D eigenvalue weighted by atomic mass is 9.85. The Bertz CT molecular complexity index is 1400. The van der Waals surface area contributed by atoms with Gasteiger partial charge in [0.25, 0.3) is 5.91 Å². The third-order valence-electron chi connectivity index (χ3n) is 7.88. The van der Waals surface area contributed by atoms with Gasteiger partial charge in [0, 0.05) is 43.0 Å². The molecule has 0 aliphatic carbocycles. The highest BCUT2D eigenvalue weighted by molar-refractivity contribution is 5.95. The van der Waals surface area contributed by atoms with Gasteiger partial charge in [0.2, 0.25) is 0 Å². The number of likely N-dealkylation sites (tertiary alicyclic amines) is 1. The van der Waals surface area contributed by atoms with E-state index in [1.54, 1.807) is 27.0 Å². The van der Waals surface area contributed by atoms with Crippen LogP contribution in [-0.2, 0) is 17.8 Å². The summed E-state index contributed by atoms with van der Waals surface area (Å²) >= 11 is 0. The van der Waals surface area contributed by atoms with E-state index in [0.29, 0.717) is 56.0 Å². The Morgan fingerprint density at radius 3 is 2.60 bits per heavy atom. The van der Waals surface area contributed by atoms with E-state index >= 15 is 0 Å². The number of H-pyrrole nitrogens is 1. The average Bonchev–Trinajstić information content (AvgIpc) is 3.56. The molecule has 0 saturated carbocycles. The topological polar surface area (TPSA) is 115 Å². The summed E-state index contributed by atoms with van der Waals surface area (Å²) in [4.78, 5) is 36.8. The maximum Gasteiger partial charge on any atom is 0.326 e. The van der Waals surface area contributed by atoms with E-state index in [1.807, 2.05) is 25.3 Å². The Kier molecular flexibility index (Phi) is 7.26. The number of nitrogens with one attached hydrogen (secondary N) is 1. The highest BCUT2D eigenvalue weighted by atomic mass is 19.1. The van der Waals surface area contributed by atoms with Gasteiger partial charge in [0.15, 0.2) is 0 Å². The molecule has 0 bridgehead atoms. The van der Waals surface area contributed by atoms with Crippen LogP contribution < -0.4 is 9.64 Å². The van der Waals surface area contributed by atoms with Gasteiger partial charge in [-0.3, -0.25) is 14.8 Å². The second-order valence-electron chi connectivity index (χ2n) is 11.0. The van der Waals surface area contributed by atoms with E-state index in [1.165, 1.54) is 33.1 Å². The lowest BCUT2D eigenvalue weighted by molar-refractivity contribution is -0.150. The smallest absolute Gasteiger partial charge is 0.326 e. The predicted octanol–water partition coefficient (Wildman–Crippen LogP) is 3.76. The van der Waals surface area contributed by atoms with Crippen LogP contribution in [0.15, 0.2) is 42.7 Å². The molecule has 2 saturated heterocycles. The molecule has 0 unspecified atom stereocenters. The van der Waals surface area contributed by atoms with Crippen LogP contribution in [0.3, 0.4) is 0 Å². The first kappa shape index (κ1) is 27.6. The van der Waals surface area contributed by atoms with Crippen molar-refractivity contribution in [2.75, 3.05) is 31.6 Å². The zero-order valence-electron chi connectivity index (χ0n) is 23.3. The molecule has 40 heavy (non-hydrogen) atoms. The summed E-state index contributed by atoms with van der Waals surface area (Å²) in [5.74, 6) is 0.139. The van der Waals surface area contributed by atoms with Crippen LogP contribution in [0, 0.1) is 5.82 Å². The Balaban J connectivity index is 1.48. The van der Waals surface area contributed by atoms with Crippen molar-refractivity contribution in [1.82, 2.24) is 25.0 Å². The summed E-state index contributed by atoms with van der Waals surface area (Å²) < 4.78 is 19.6. The number of carbonyl (C=O) groups excluding carboxylic acids is 2. The van der Waals surface area contributed by atoms with E-state index in [4.69, 9.17) is 9.72 Å². The number of nitrogens with zero attached hydrogens (tertiary/aromatic N) is 5. The van der Waals surface area contributed by atoms with Gasteiger partial charge in [-0.15, -0.1) is 0 Å². The van der Waals surface area contributed by atoms with E-state index in [0.717, 1.165) is 16.8 Å². The van der Waals surface area contributed by atoms with E-state index in [2.05, 4.69) is 10.2 Å². The summed E-state index contributed by atoms with van der Waals surface area (Å²) in [6, 6.07) is 8.01. The molecule has 10 nitrogen and oxygen atoms in total. The number of rotatable bonds is 7. The number of amides is 3. The molecule has 212 valence electrons. The van der Waals surface area contributed by atoms with Gasteiger partial charge in [0.05, 0.1) is 31.1 Å². The number of methoxy groups -OCH3 is 1. The van der Waals surface area contributed by atoms with E-state index < -0.39 is 17.0 Å². The van der Waals surface area contributed by atoms with Gasteiger partial charge >= 0.3 is 6.03 Å². The number of aryl methyl sites for hydroxylation is 1. The quantitative estimate of drug-likeness (QED) is 0.463. The minimum atomic E-state index is -1.48. The number of benzene rings is 1. The van der Waals surface area contributed by atoms with E-state index in [9.17, 15) is 19.1 Å². The molecule has 5 rings (SSSR count). The fraction of sp³-hybridized carbons (Fsp3) is 0.448. The van der Waals surface area contributed by atoms with Crippen LogP contribution in [0.1, 0.15) is 44.9 Å². The molecule has 11 heteroatoms. The third kappa shape index (κ3) is 5.13. The van der Waals surface area contributed by atoms with Crippen LogP contribution in [0.4, 0.5) is 15.0 Å². The van der Waals surface area contributed by atoms with Gasteiger partial charge in [-0.05, 0) is 62.9 Å². The fourth-order valence-corrected chi connectivity index (χ4v) is 5.73. The number of urea groups is 1. The van der Waals surface area contributed by atoms with E-state index in [-0.39, 0.29) is 18.5 Å². The molecule has 2 fully saturated rings. The second kappa shape index (κ2) is 10.5. The molecule has 2 aliphatic rings. The average molecular weight is 551 g/mol. The number of pyridine rings is 1. The Morgan fingerprint density at radius 1 is 1.23 bits per heavy atom. The van der Waals surface area contributed by atoms with Gasteiger partial charge in [-0.25, -0.2) is 14.2 Å². The van der Waals surface area contributed by atoms with Gasteiger partial charge in [-0.2, -0.15) is 5.10 Å². The Hall–Kier alpha value is -3.99. The maximum absolute atomic E-state index is 14.4. The molecule has 2 aromatic heterocycles. The van der Waals surface area contributed by atoms with Crippen LogP contribution >= 0.6 is 0 Å². The molecule has 1 spiro atoms. The lowest BCUT2D eigenvalue weighted by Gasteiger charge is -2.44. The van der Waals surface area contributed by atoms with Crippen LogP contribution in [-0.4, -0.2) is 79.9 Å². The van der Waals surface area contributed by atoms with Crippen LogP contribution in [0.5, 0.6) is 5.75 Å². The number of hydrogen-bond donors (Lipinski definition) is 2. The molecule has 3 aromatic rings. The number of aliphatic hydroxyl groups is 1. The number of anilines is 1. The van der Waals surface area contributed by atoms with Crippen LogP contribution in [0.2, 0.25) is 0 Å². The number of piperidine rings is 1. The van der Waals surface area contributed by atoms with Crippen molar-refractivity contribution in [1.29, 1.82) is 0 Å². The highest BCUT2D eigenvalue weighted by Crippen LogP contribution is 2.40. The SMILES string of the molecule is CCc1nc(N2CC3(CCN(C(=O)C(C)(C)O)CC3)N(Cc3cc(F)cc(OC)c3)C2=O)ccc1-c1cn[nH]c1. The maximum atomic E-state index is 14.4. The standard InChI is InChI=1S/C29H35FN6O4/c1-5-24-23(20-15-31-32-16-20)6-7-25(33-24)35-18-29(8-10-34(11-9-29)26(37)28(2,3)39)36(27(35)38)17-19-12-21(30)14-22(13-19)40-4/h6-7,12-16,39H,5,8-11,17-18H2,1-4H3,(H,31,32). The second-order valence-corrected chi connectivity index (χ2v) is 11.0. The molecule has 0 radical (unpaired) electrons. The van der Waals surface area contributed by atoms with Gasteiger partial charge in [-0.1, -0.05) is 6.92 Å². The number of aromatic nitrogens is 3. The first-order chi connectivity index (χ1) is 19.0. The van der Waals surface area contributed by atoms with Crippen molar-refractivity contribution in [3.05, 3.63) is 59.8 Å². The predicted molar refractivity (Wildman–Crippen MR) is 147 cm³/mol. The van der Waals surface area contributed by atoms with Crippen molar-refractivity contribution in [3.63, 3.8) is 0 Å². The van der Waals surface area contributed by atoms with Gasteiger partial charge in [0.1, 0.15) is 23.0 Å². The lowest BCUT2D eigenvalue weighted by Crippen LogP contribution is -2.57. The molecule has 1 aromatic carbocycles. The number of halogens is 1. The third-order valence-corrected chi connectivity index (χ3v) is 7.88. The number of ether oxygens (including phenoxy) is 1. The summed E-state index contributed by atoms with van der Waals surface area (Å²) in [5, 5.41) is 17.1. The Morgan fingerprint density at radius 2 is 1.98 bits per heavy atom. The summed E-state index contributed by atoms with van der Waals surface area (Å²) in [6.07, 6.45) is 5.24. The molecule has 2 N–H and O–H groups in total. The molecule has 0 atom stereocenters. The molecule has 2 aliphatic heterocycles. The number of aromatic amines is 1. The van der Waals surface area contributed by atoms with Crippen LogP contribution in [0.25, 0.3) is 11.1 Å². The van der Waals surface area contributed by atoms with Crippen molar-refractivity contribution in [2.45, 2.75) is 57.7 Å². The number of carbonyl (C=O) groups is 2. The number of hydrogen-bond acceptors (Lipinski definition) is 6. The first-order valence-corrected chi connectivity index (χ1v) is 13.5. The zero-order chi connectivity index (χ0) is 28.7. The fourth-order valence-electron chi connectivity index (χ4n) is 5.73. The van der Waals surface area contributed by atoms with Crippen molar-refractivity contribution in [3.8, 4) is 16.9 Å². The van der Waals surface area contributed by atoms with Crippen molar-refractivity contribution in [2.24, 2.45) is 0 Å². The normalized spacial score (nSPS) is 17.1. The first-order valence-electron chi connectivity index (χ1n) is 13.5. The van der Waals surface area contributed by atoms with Crippen molar-refractivity contribution >= 4 is 17.8 Å².